The van der Waals surface area contributed by atoms with E-state index in [2.05, 4.69) is 0 Å². The maximum absolute atomic E-state index is 9.36. The Balaban J connectivity index is 2.52. The highest BCUT2D eigenvalue weighted by Gasteiger charge is 2.34. The lowest BCUT2D eigenvalue weighted by Gasteiger charge is -2.35. The highest BCUT2D eigenvalue weighted by Crippen LogP contribution is 2.20. The number of aliphatic hydroxyl groups excluding tert-OH is 3. The van der Waals surface area contributed by atoms with Gasteiger partial charge in [-0.1, -0.05) is 6.92 Å². The fraction of sp³-hybridized carbons (Fsp3) is 1.00. The van der Waals surface area contributed by atoms with E-state index in [1.165, 1.54) is 0 Å². The van der Waals surface area contributed by atoms with Gasteiger partial charge in [-0.15, -0.1) is 0 Å². The molecule has 0 amide bonds. The molecule has 4 unspecified atom stereocenters. The van der Waals surface area contributed by atoms with Crippen molar-refractivity contribution in [2.24, 2.45) is 5.92 Å². The summed E-state index contributed by atoms with van der Waals surface area (Å²) in [5.74, 6) is -0.221. The average Bonchev–Trinajstić information content (AvgIpc) is 2.01. The molecule has 11 heavy (non-hydrogen) atoms. The summed E-state index contributed by atoms with van der Waals surface area (Å²) in [7, 11) is 0. The largest absolute Gasteiger partial charge is 0.394 e. The van der Waals surface area contributed by atoms with Gasteiger partial charge in [0.05, 0.1) is 25.4 Å². The van der Waals surface area contributed by atoms with Crippen LogP contribution in [0.25, 0.3) is 0 Å². The molecule has 1 saturated heterocycles. The Kier molecular flexibility index (Phi) is 2.84. The van der Waals surface area contributed by atoms with Crippen LogP contribution in [0.1, 0.15) is 6.92 Å². The molecule has 1 heterocycles. The first-order chi connectivity index (χ1) is 5.16. The highest BCUT2D eigenvalue weighted by molar-refractivity contribution is 4.83. The molecule has 0 aromatic carbocycles. The van der Waals surface area contributed by atoms with Crippen molar-refractivity contribution in [3.8, 4) is 0 Å². The number of rotatable bonds is 1. The second-order valence-corrected chi connectivity index (χ2v) is 2.97. The van der Waals surface area contributed by atoms with Crippen LogP contribution in [0.3, 0.4) is 0 Å². The van der Waals surface area contributed by atoms with Crippen molar-refractivity contribution in [1.29, 1.82) is 0 Å². The second kappa shape index (κ2) is 3.49. The van der Waals surface area contributed by atoms with E-state index in [4.69, 9.17) is 9.84 Å². The standard InChI is InChI=1S/C7H14O4/c1-4-5(9)3-11-6(2-8)7(4)10/h4-10H,2-3H2,1H3. The number of ether oxygens (including phenoxy) is 1. The van der Waals surface area contributed by atoms with Crippen LogP contribution >= 0.6 is 0 Å². The van der Waals surface area contributed by atoms with Crippen LogP contribution in [-0.4, -0.2) is 46.8 Å². The first kappa shape index (κ1) is 8.93. The van der Waals surface area contributed by atoms with Crippen molar-refractivity contribution in [3.63, 3.8) is 0 Å². The Hall–Kier alpha value is -0.160. The van der Waals surface area contributed by atoms with Crippen molar-refractivity contribution < 1.29 is 20.1 Å². The molecule has 0 bridgehead atoms. The summed E-state index contributed by atoms with van der Waals surface area (Å²) >= 11 is 0. The Morgan fingerprint density at radius 1 is 1.45 bits per heavy atom. The minimum atomic E-state index is -0.760. The van der Waals surface area contributed by atoms with Gasteiger partial charge < -0.3 is 20.1 Å². The van der Waals surface area contributed by atoms with Crippen molar-refractivity contribution in [3.05, 3.63) is 0 Å². The van der Waals surface area contributed by atoms with E-state index in [1.807, 2.05) is 0 Å². The molecule has 4 heteroatoms. The van der Waals surface area contributed by atoms with Crippen LogP contribution < -0.4 is 0 Å². The summed E-state index contributed by atoms with van der Waals surface area (Å²) in [6.07, 6.45) is -1.91. The summed E-state index contributed by atoms with van der Waals surface area (Å²) < 4.78 is 4.97. The minimum Gasteiger partial charge on any atom is -0.394 e. The van der Waals surface area contributed by atoms with Gasteiger partial charge in [0.15, 0.2) is 0 Å². The van der Waals surface area contributed by atoms with Crippen LogP contribution in [0.2, 0.25) is 0 Å². The molecule has 0 aromatic rings. The Bertz CT molecular complexity index is 126. The zero-order chi connectivity index (χ0) is 8.43. The van der Waals surface area contributed by atoms with Gasteiger partial charge in [-0.3, -0.25) is 0 Å². The van der Waals surface area contributed by atoms with Crippen molar-refractivity contribution in [2.75, 3.05) is 13.2 Å². The van der Waals surface area contributed by atoms with Gasteiger partial charge in [0.1, 0.15) is 6.10 Å². The molecule has 0 radical (unpaired) electrons. The zero-order valence-electron chi connectivity index (χ0n) is 6.47. The molecule has 1 aliphatic heterocycles. The normalized spacial score (nSPS) is 45.8. The maximum Gasteiger partial charge on any atom is 0.107 e. The fourth-order valence-corrected chi connectivity index (χ4v) is 1.20. The highest BCUT2D eigenvalue weighted by atomic mass is 16.5. The van der Waals surface area contributed by atoms with Gasteiger partial charge in [0.25, 0.3) is 0 Å². The maximum atomic E-state index is 9.36. The van der Waals surface area contributed by atoms with E-state index in [0.717, 1.165) is 0 Å². The van der Waals surface area contributed by atoms with Crippen LogP contribution in [0.15, 0.2) is 0 Å². The fourth-order valence-electron chi connectivity index (χ4n) is 1.20. The lowest BCUT2D eigenvalue weighted by molar-refractivity contribution is -0.165. The van der Waals surface area contributed by atoms with Crippen molar-refractivity contribution >= 4 is 0 Å². The van der Waals surface area contributed by atoms with Crippen LogP contribution in [-0.2, 0) is 4.74 Å². The zero-order valence-corrected chi connectivity index (χ0v) is 6.47. The molecule has 3 N–H and O–H groups in total. The lowest BCUT2D eigenvalue weighted by atomic mass is 9.92. The summed E-state index contributed by atoms with van der Waals surface area (Å²) in [5, 5.41) is 27.3. The van der Waals surface area contributed by atoms with Crippen LogP contribution in [0, 0.1) is 5.92 Å². The molecule has 1 rings (SSSR count). The Morgan fingerprint density at radius 3 is 2.64 bits per heavy atom. The number of aliphatic hydroxyl groups is 3. The van der Waals surface area contributed by atoms with Crippen LogP contribution in [0.4, 0.5) is 0 Å². The molecule has 0 spiro atoms. The van der Waals surface area contributed by atoms with E-state index in [0.29, 0.717) is 0 Å². The molecular weight excluding hydrogens is 148 g/mol. The van der Waals surface area contributed by atoms with Crippen molar-refractivity contribution in [1.82, 2.24) is 0 Å². The third kappa shape index (κ3) is 1.70. The minimum absolute atomic E-state index is 0.196. The number of hydrogen-bond acceptors (Lipinski definition) is 4. The predicted molar refractivity (Wildman–Crippen MR) is 38.0 cm³/mol. The average molecular weight is 162 g/mol. The summed E-state index contributed by atoms with van der Waals surface area (Å²) in [5.41, 5.74) is 0. The Morgan fingerprint density at radius 2 is 2.09 bits per heavy atom. The van der Waals surface area contributed by atoms with Gasteiger partial charge in [-0.25, -0.2) is 0 Å². The van der Waals surface area contributed by atoms with Crippen molar-refractivity contribution in [2.45, 2.75) is 25.2 Å². The molecule has 4 atom stereocenters. The third-order valence-corrected chi connectivity index (χ3v) is 2.19. The lowest BCUT2D eigenvalue weighted by Crippen LogP contribution is -2.49. The molecule has 66 valence electrons. The molecule has 1 aliphatic rings. The monoisotopic (exact) mass is 162 g/mol. The number of hydrogen-bond donors (Lipinski definition) is 3. The topological polar surface area (TPSA) is 69.9 Å². The molecule has 0 aromatic heterocycles. The van der Waals surface area contributed by atoms with Gasteiger partial charge >= 0.3 is 0 Å². The quantitative estimate of drug-likeness (QED) is 0.450. The van der Waals surface area contributed by atoms with E-state index < -0.39 is 18.3 Å². The van der Waals surface area contributed by atoms with E-state index in [-0.39, 0.29) is 19.1 Å². The smallest absolute Gasteiger partial charge is 0.107 e. The first-order valence-corrected chi connectivity index (χ1v) is 3.75. The van der Waals surface area contributed by atoms with Gasteiger partial charge in [-0.05, 0) is 0 Å². The second-order valence-electron chi connectivity index (χ2n) is 2.97. The molecule has 1 fully saturated rings. The summed E-state index contributed by atoms with van der Waals surface area (Å²) in [4.78, 5) is 0. The molecule has 0 aliphatic carbocycles. The molecule has 4 nitrogen and oxygen atoms in total. The van der Waals surface area contributed by atoms with E-state index in [9.17, 15) is 10.2 Å². The van der Waals surface area contributed by atoms with Gasteiger partial charge in [0.2, 0.25) is 0 Å². The predicted octanol–water partition coefficient (Wildman–Crippen LogP) is -1.26. The third-order valence-electron chi connectivity index (χ3n) is 2.19. The summed E-state index contributed by atoms with van der Waals surface area (Å²) in [6.45, 7) is 1.74. The van der Waals surface area contributed by atoms with Crippen LogP contribution in [0.5, 0.6) is 0 Å². The van der Waals surface area contributed by atoms with Gasteiger partial charge in [-0.2, -0.15) is 0 Å². The first-order valence-electron chi connectivity index (χ1n) is 3.75. The van der Waals surface area contributed by atoms with E-state index in [1.54, 1.807) is 6.92 Å². The SMILES string of the molecule is CC1C(O)COC(CO)C1O. The van der Waals surface area contributed by atoms with E-state index >= 15 is 0 Å². The summed E-state index contributed by atoms with van der Waals surface area (Å²) in [6, 6.07) is 0. The van der Waals surface area contributed by atoms with Gasteiger partial charge in [0, 0.05) is 5.92 Å². The molecular formula is C7H14O4. The molecule has 0 saturated carbocycles. The Labute approximate surface area is 65.4 Å².